The van der Waals surface area contributed by atoms with Gasteiger partial charge in [-0.3, -0.25) is 4.79 Å². The SMILES string of the molecule is CS(=O)(=O)CCC(N)C(=O)Cc1cc(Cl)cc2c1OCC2. The van der Waals surface area contributed by atoms with Crippen LogP contribution < -0.4 is 10.5 Å². The van der Waals surface area contributed by atoms with Gasteiger partial charge in [0.25, 0.3) is 0 Å². The molecule has 116 valence electrons. The summed E-state index contributed by atoms with van der Waals surface area (Å²) in [6.45, 7) is 0.580. The number of rotatable bonds is 6. The Morgan fingerprint density at radius 2 is 2.19 bits per heavy atom. The largest absolute Gasteiger partial charge is 0.493 e. The van der Waals surface area contributed by atoms with Crippen LogP contribution in [0, 0.1) is 0 Å². The van der Waals surface area contributed by atoms with Gasteiger partial charge >= 0.3 is 0 Å². The lowest BCUT2D eigenvalue weighted by Crippen LogP contribution is -2.33. The first-order valence-electron chi connectivity index (χ1n) is 6.66. The third-order valence-electron chi connectivity index (χ3n) is 3.40. The van der Waals surface area contributed by atoms with Gasteiger partial charge in [-0.05, 0) is 24.1 Å². The summed E-state index contributed by atoms with van der Waals surface area (Å²) in [7, 11) is -3.12. The Bertz CT molecular complexity index is 657. The van der Waals surface area contributed by atoms with E-state index in [9.17, 15) is 13.2 Å². The van der Waals surface area contributed by atoms with Crippen LogP contribution in [0.4, 0.5) is 0 Å². The molecule has 1 unspecified atom stereocenters. The Morgan fingerprint density at radius 3 is 2.86 bits per heavy atom. The van der Waals surface area contributed by atoms with Gasteiger partial charge in [-0.25, -0.2) is 8.42 Å². The van der Waals surface area contributed by atoms with E-state index >= 15 is 0 Å². The smallest absolute Gasteiger partial charge is 0.154 e. The zero-order chi connectivity index (χ0) is 15.6. The molecule has 0 aliphatic carbocycles. The van der Waals surface area contributed by atoms with Crippen molar-refractivity contribution in [3.63, 3.8) is 0 Å². The number of fused-ring (bicyclic) bond motifs is 1. The van der Waals surface area contributed by atoms with E-state index in [0.29, 0.717) is 17.4 Å². The van der Waals surface area contributed by atoms with Gasteiger partial charge in [0.15, 0.2) is 5.78 Å². The second kappa shape index (κ2) is 6.34. The molecule has 7 heteroatoms. The highest BCUT2D eigenvalue weighted by atomic mass is 35.5. The van der Waals surface area contributed by atoms with Crippen LogP contribution in [0.5, 0.6) is 5.75 Å². The summed E-state index contributed by atoms with van der Waals surface area (Å²) in [5.41, 5.74) is 7.48. The highest BCUT2D eigenvalue weighted by Crippen LogP contribution is 2.33. The zero-order valence-corrected chi connectivity index (χ0v) is 13.3. The van der Waals surface area contributed by atoms with Crippen LogP contribution in [0.3, 0.4) is 0 Å². The predicted octanol–water partition coefficient (Wildman–Crippen LogP) is 1.15. The first kappa shape index (κ1) is 16.3. The maximum absolute atomic E-state index is 12.1. The topological polar surface area (TPSA) is 86.5 Å². The fraction of sp³-hybridized carbons (Fsp3) is 0.500. The number of sulfone groups is 1. The normalized spacial score (nSPS) is 15.4. The van der Waals surface area contributed by atoms with E-state index in [0.717, 1.165) is 23.8 Å². The Morgan fingerprint density at radius 1 is 1.48 bits per heavy atom. The summed E-state index contributed by atoms with van der Waals surface area (Å²) >= 11 is 6.04. The number of carbonyl (C=O) groups excluding carboxylic acids is 1. The number of benzene rings is 1. The second-order valence-corrected chi connectivity index (χ2v) is 8.02. The van der Waals surface area contributed by atoms with Gasteiger partial charge in [0, 0.05) is 29.7 Å². The molecule has 1 aromatic carbocycles. The molecule has 0 spiro atoms. The van der Waals surface area contributed by atoms with Crippen LogP contribution in [-0.2, 0) is 27.5 Å². The minimum absolute atomic E-state index is 0.0932. The third kappa shape index (κ3) is 4.43. The number of nitrogens with two attached hydrogens (primary N) is 1. The van der Waals surface area contributed by atoms with Gasteiger partial charge in [-0.15, -0.1) is 0 Å². The van der Waals surface area contributed by atoms with Crippen molar-refractivity contribution in [2.45, 2.75) is 25.3 Å². The molecule has 0 saturated carbocycles. The lowest BCUT2D eigenvalue weighted by molar-refractivity contribution is -0.119. The molecular weight excluding hydrogens is 314 g/mol. The first-order chi connectivity index (χ1) is 9.76. The molecule has 0 fully saturated rings. The van der Waals surface area contributed by atoms with E-state index < -0.39 is 15.9 Å². The van der Waals surface area contributed by atoms with E-state index in [4.69, 9.17) is 22.1 Å². The summed E-state index contributed by atoms with van der Waals surface area (Å²) in [6, 6.07) is 2.74. The van der Waals surface area contributed by atoms with Crippen LogP contribution in [0.15, 0.2) is 12.1 Å². The van der Waals surface area contributed by atoms with Gasteiger partial charge < -0.3 is 10.5 Å². The van der Waals surface area contributed by atoms with Crippen LogP contribution in [0.25, 0.3) is 0 Å². The quantitative estimate of drug-likeness (QED) is 0.845. The standard InChI is InChI=1S/C14H18ClNO4S/c1-21(18,19)5-3-12(16)13(17)8-10-7-11(15)6-9-2-4-20-14(9)10/h6-7,12H,2-5,8,16H2,1H3. The monoisotopic (exact) mass is 331 g/mol. The average molecular weight is 332 g/mol. The molecular formula is C14H18ClNO4S. The minimum Gasteiger partial charge on any atom is -0.493 e. The number of hydrogen-bond acceptors (Lipinski definition) is 5. The fourth-order valence-electron chi connectivity index (χ4n) is 2.30. The number of Topliss-reactive ketones (excluding diaryl/α,β-unsaturated/α-hetero) is 1. The molecule has 2 rings (SSSR count). The molecule has 5 nitrogen and oxygen atoms in total. The average Bonchev–Trinajstić information content (AvgIpc) is 2.82. The highest BCUT2D eigenvalue weighted by molar-refractivity contribution is 7.90. The van der Waals surface area contributed by atoms with Crippen molar-refractivity contribution in [3.8, 4) is 5.75 Å². The molecule has 1 aliphatic heterocycles. The van der Waals surface area contributed by atoms with Crippen molar-refractivity contribution in [1.29, 1.82) is 0 Å². The van der Waals surface area contributed by atoms with Gasteiger partial charge in [0.2, 0.25) is 0 Å². The minimum atomic E-state index is -3.12. The second-order valence-electron chi connectivity index (χ2n) is 5.32. The maximum atomic E-state index is 12.1. The van der Waals surface area contributed by atoms with Crippen molar-refractivity contribution in [1.82, 2.24) is 0 Å². The first-order valence-corrected chi connectivity index (χ1v) is 9.10. The molecule has 21 heavy (non-hydrogen) atoms. The third-order valence-corrected chi connectivity index (χ3v) is 4.60. The zero-order valence-electron chi connectivity index (χ0n) is 11.8. The molecule has 1 aliphatic rings. The Balaban J connectivity index is 2.06. The van der Waals surface area contributed by atoms with Crippen molar-refractivity contribution < 1.29 is 17.9 Å². The highest BCUT2D eigenvalue weighted by Gasteiger charge is 2.22. The van der Waals surface area contributed by atoms with Gasteiger partial charge in [0.1, 0.15) is 15.6 Å². The number of carbonyl (C=O) groups is 1. The molecule has 0 aromatic heterocycles. The van der Waals surface area contributed by atoms with E-state index in [-0.39, 0.29) is 24.4 Å². The fourth-order valence-corrected chi connectivity index (χ4v) is 3.24. The van der Waals surface area contributed by atoms with E-state index in [1.807, 2.05) is 6.07 Å². The number of ether oxygens (including phenoxy) is 1. The number of ketones is 1. The molecule has 2 N–H and O–H groups in total. The summed E-state index contributed by atoms with van der Waals surface area (Å²) in [5.74, 6) is 0.408. The maximum Gasteiger partial charge on any atom is 0.154 e. The lowest BCUT2D eigenvalue weighted by Gasteiger charge is -2.12. The van der Waals surface area contributed by atoms with Gasteiger partial charge in [-0.2, -0.15) is 0 Å². The van der Waals surface area contributed by atoms with Crippen molar-refractivity contribution in [3.05, 3.63) is 28.3 Å². The van der Waals surface area contributed by atoms with Crippen LogP contribution in [0.2, 0.25) is 5.02 Å². The van der Waals surface area contributed by atoms with Crippen molar-refractivity contribution in [2.24, 2.45) is 5.73 Å². The van der Waals surface area contributed by atoms with E-state index in [1.165, 1.54) is 0 Å². The summed E-state index contributed by atoms with van der Waals surface area (Å²) in [6.07, 6.45) is 2.13. The molecule has 0 radical (unpaired) electrons. The van der Waals surface area contributed by atoms with Gasteiger partial charge in [0.05, 0.1) is 18.4 Å². The van der Waals surface area contributed by atoms with Crippen molar-refractivity contribution in [2.75, 3.05) is 18.6 Å². The molecule has 1 heterocycles. The Hall–Kier alpha value is -1.11. The summed E-state index contributed by atoms with van der Waals surface area (Å²) in [5, 5.41) is 0.562. The van der Waals surface area contributed by atoms with Gasteiger partial charge in [-0.1, -0.05) is 11.6 Å². The van der Waals surface area contributed by atoms with Crippen LogP contribution in [0.1, 0.15) is 17.5 Å². The molecule has 0 bridgehead atoms. The van der Waals surface area contributed by atoms with Crippen molar-refractivity contribution >= 4 is 27.2 Å². The number of hydrogen-bond donors (Lipinski definition) is 1. The summed E-state index contributed by atoms with van der Waals surface area (Å²) < 4.78 is 27.8. The Kier molecular flexibility index (Phi) is 4.91. The molecule has 1 atom stereocenters. The number of halogens is 1. The summed E-state index contributed by atoms with van der Waals surface area (Å²) in [4.78, 5) is 12.1. The predicted molar refractivity (Wildman–Crippen MR) is 81.7 cm³/mol. The van der Waals surface area contributed by atoms with Crippen LogP contribution >= 0.6 is 11.6 Å². The lowest BCUT2D eigenvalue weighted by atomic mass is 9.99. The van der Waals surface area contributed by atoms with E-state index in [1.54, 1.807) is 6.07 Å². The van der Waals surface area contributed by atoms with Crippen LogP contribution in [-0.4, -0.2) is 38.9 Å². The van der Waals surface area contributed by atoms with E-state index in [2.05, 4.69) is 0 Å². The molecule has 0 amide bonds. The Labute approximate surface area is 129 Å². The molecule has 0 saturated heterocycles. The molecule has 1 aromatic rings.